The molecule has 3 N–H and O–H groups in total. The van der Waals surface area contributed by atoms with E-state index in [9.17, 15) is 0 Å². The number of rotatable bonds is 7. The molecule has 0 radical (unpaired) electrons. The van der Waals surface area contributed by atoms with E-state index in [1.54, 1.807) is 14.2 Å². The average Bonchev–Trinajstić information content (AvgIpc) is 2.62. The molecule has 0 atom stereocenters. The molecule has 2 rings (SSSR count). The van der Waals surface area contributed by atoms with Gasteiger partial charge in [0.15, 0.2) is 5.96 Å². The zero-order valence-electron chi connectivity index (χ0n) is 15.7. The maximum Gasteiger partial charge on any atom is 0.193 e. The number of anilines is 2. The number of guanidine groups is 1. The molecule has 2 aromatic rings. The summed E-state index contributed by atoms with van der Waals surface area (Å²) in [5.41, 5.74) is 9.11. The number of benzene rings is 2. The summed E-state index contributed by atoms with van der Waals surface area (Å²) in [5.74, 6) is 1.74. The summed E-state index contributed by atoms with van der Waals surface area (Å²) < 4.78 is 10.5. The van der Waals surface area contributed by atoms with Crippen molar-refractivity contribution in [1.82, 2.24) is 0 Å². The molecule has 0 aromatic heterocycles. The molecule has 2 aromatic carbocycles. The van der Waals surface area contributed by atoms with Crippen molar-refractivity contribution in [1.29, 1.82) is 0 Å². The third-order valence-corrected chi connectivity index (χ3v) is 3.80. The van der Waals surface area contributed by atoms with Gasteiger partial charge in [0, 0.05) is 32.4 Å². The van der Waals surface area contributed by atoms with E-state index in [2.05, 4.69) is 39.5 Å². The number of hydrogen-bond acceptors (Lipinski definition) is 4. The van der Waals surface area contributed by atoms with E-state index in [1.807, 2.05) is 32.3 Å². The van der Waals surface area contributed by atoms with Gasteiger partial charge in [0.1, 0.15) is 11.5 Å². The molecule has 0 saturated carbocycles. The SMILES string of the molecule is COc1ccc(OC)c(NC(N)=NCCc2ccc(N(C)C)cc2)c1.I. The molecular weight excluding hydrogens is 443 g/mol. The van der Waals surface area contributed by atoms with Crippen LogP contribution in [0.15, 0.2) is 47.5 Å². The van der Waals surface area contributed by atoms with Crippen LogP contribution in [0.1, 0.15) is 5.56 Å². The fourth-order valence-electron chi connectivity index (χ4n) is 2.36. The lowest BCUT2D eigenvalue weighted by atomic mass is 10.1. The Morgan fingerprint density at radius 1 is 1.08 bits per heavy atom. The molecule has 0 bridgehead atoms. The summed E-state index contributed by atoms with van der Waals surface area (Å²) in [6, 6.07) is 13.9. The Kier molecular flexibility index (Phi) is 9.04. The van der Waals surface area contributed by atoms with Crippen molar-refractivity contribution in [3.63, 3.8) is 0 Å². The Morgan fingerprint density at radius 3 is 2.35 bits per heavy atom. The van der Waals surface area contributed by atoms with E-state index < -0.39 is 0 Å². The lowest BCUT2D eigenvalue weighted by Gasteiger charge is -2.13. The van der Waals surface area contributed by atoms with Crippen LogP contribution < -0.4 is 25.4 Å². The molecule has 0 saturated heterocycles. The van der Waals surface area contributed by atoms with Crippen LogP contribution in [0, 0.1) is 0 Å². The molecule has 0 aliphatic rings. The molecular formula is C19H27IN4O2. The van der Waals surface area contributed by atoms with E-state index in [0.717, 1.165) is 17.9 Å². The third-order valence-electron chi connectivity index (χ3n) is 3.80. The van der Waals surface area contributed by atoms with Gasteiger partial charge in [0.05, 0.1) is 19.9 Å². The summed E-state index contributed by atoms with van der Waals surface area (Å²) in [6.07, 6.45) is 0.825. The number of aliphatic imine (C=N–C) groups is 1. The average molecular weight is 470 g/mol. The van der Waals surface area contributed by atoms with E-state index in [4.69, 9.17) is 15.2 Å². The first kappa shape index (κ1) is 21.9. The normalized spacial score (nSPS) is 10.7. The minimum Gasteiger partial charge on any atom is -0.497 e. The number of ether oxygens (including phenoxy) is 2. The molecule has 0 aliphatic carbocycles. The number of hydrogen-bond donors (Lipinski definition) is 2. The smallest absolute Gasteiger partial charge is 0.193 e. The van der Waals surface area contributed by atoms with E-state index in [1.165, 1.54) is 11.3 Å². The van der Waals surface area contributed by atoms with Gasteiger partial charge in [-0.3, -0.25) is 4.99 Å². The third kappa shape index (κ3) is 6.29. The van der Waals surface area contributed by atoms with Gasteiger partial charge in [0.25, 0.3) is 0 Å². The molecule has 0 amide bonds. The minimum absolute atomic E-state index is 0. The van der Waals surface area contributed by atoms with Crippen molar-refractivity contribution in [2.75, 3.05) is 45.1 Å². The van der Waals surface area contributed by atoms with Gasteiger partial charge in [-0.15, -0.1) is 24.0 Å². The lowest BCUT2D eigenvalue weighted by Crippen LogP contribution is -2.23. The summed E-state index contributed by atoms with van der Waals surface area (Å²) in [6.45, 7) is 0.604. The Morgan fingerprint density at radius 2 is 1.77 bits per heavy atom. The van der Waals surface area contributed by atoms with Crippen LogP contribution in [-0.2, 0) is 6.42 Å². The second kappa shape index (κ2) is 10.7. The van der Waals surface area contributed by atoms with Gasteiger partial charge in [-0.25, -0.2) is 0 Å². The van der Waals surface area contributed by atoms with E-state index >= 15 is 0 Å². The summed E-state index contributed by atoms with van der Waals surface area (Å²) >= 11 is 0. The van der Waals surface area contributed by atoms with Crippen molar-refractivity contribution in [3.8, 4) is 11.5 Å². The molecule has 0 heterocycles. The summed E-state index contributed by atoms with van der Waals surface area (Å²) in [4.78, 5) is 6.45. The molecule has 0 fully saturated rings. The maximum absolute atomic E-state index is 5.98. The highest BCUT2D eigenvalue weighted by Crippen LogP contribution is 2.28. The lowest BCUT2D eigenvalue weighted by molar-refractivity contribution is 0.405. The Hall–Kier alpha value is -2.16. The molecule has 0 spiro atoms. The van der Waals surface area contributed by atoms with Crippen LogP contribution in [0.3, 0.4) is 0 Å². The molecule has 7 heteroatoms. The van der Waals surface area contributed by atoms with E-state index in [0.29, 0.717) is 18.3 Å². The minimum atomic E-state index is 0. The van der Waals surface area contributed by atoms with Crippen LogP contribution in [0.25, 0.3) is 0 Å². The fraction of sp³-hybridized carbons (Fsp3) is 0.316. The summed E-state index contributed by atoms with van der Waals surface area (Å²) in [7, 11) is 7.28. The van der Waals surface area contributed by atoms with Crippen LogP contribution in [0.4, 0.5) is 11.4 Å². The number of methoxy groups -OCH3 is 2. The van der Waals surface area contributed by atoms with Crippen LogP contribution >= 0.6 is 24.0 Å². The number of nitrogens with one attached hydrogen (secondary N) is 1. The molecule has 6 nitrogen and oxygen atoms in total. The highest BCUT2D eigenvalue weighted by Gasteiger charge is 2.06. The van der Waals surface area contributed by atoms with Gasteiger partial charge in [-0.05, 0) is 36.2 Å². The first-order chi connectivity index (χ1) is 12.0. The zero-order chi connectivity index (χ0) is 18.2. The number of nitrogens with zero attached hydrogens (tertiary/aromatic N) is 2. The Labute approximate surface area is 172 Å². The van der Waals surface area contributed by atoms with Gasteiger partial charge in [-0.2, -0.15) is 0 Å². The standard InChI is InChI=1S/C19H26N4O2.HI/c1-23(2)15-7-5-14(6-8-15)11-12-21-19(20)22-17-13-16(24-3)9-10-18(17)25-4;/h5-10,13H,11-12H2,1-4H3,(H3,20,21,22);1H. The summed E-state index contributed by atoms with van der Waals surface area (Å²) in [5, 5.41) is 3.06. The first-order valence-electron chi connectivity index (χ1n) is 8.08. The van der Waals surface area contributed by atoms with Gasteiger partial charge >= 0.3 is 0 Å². The largest absolute Gasteiger partial charge is 0.497 e. The molecule has 0 aliphatic heterocycles. The molecule has 0 unspecified atom stereocenters. The van der Waals surface area contributed by atoms with Crippen molar-refractivity contribution in [2.45, 2.75) is 6.42 Å². The highest BCUT2D eigenvalue weighted by atomic mass is 127. The van der Waals surface area contributed by atoms with Crippen LogP contribution in [-0.4, -0.2) is 40.8 Å². The van der Waals surface area contributed by atoms with Gasteiger partial charge in [-0.1, -0.05) is 12.1 Å². The Balaban J connectivity index is 0.00000338. The predicted molar refractivity (Wildman–Crippen MR) is 120 cm³/mol. The molecule has 142 valence electrons. The van der Waals surface area contributed by atoms with Crippen LogP contribution in [0.5, 0.6) is 11.5 Å². The van der Waals surface area contributed by atoms with Crippen molar-refractivity contribution in [3.05, 3.63) is 48.0 Å². The predicted octanol–water partition coefficient (Wildman–Crippen LogP) is 3.36. The van der Waals surface area contributed by atoms with Gasteiger partial charge < -0.3 is 25.4 Å². The van der Waals surface area contributed by atoms with E-state index in [-0.39, 0.29) is 24.0 Å². The second-order valence-corrected chi connectivity index (χ2v) is 5.77. The first-order valence-corrected chi connectivity index (χ1v) is 8.08. The fourth-order valence-corrected chi connectivity index (χ4v) is 2.36. The number of halogens is 1. The van der Waals surface area contributed by atoms with Crippen molar-refractivity contribution in [2.24, 2.45) is 10.7 Å². The van der Waals surface area contributed by atoms with Crippen LogP contribution in [0.2, 0.25) is 0 Å². The van der Waals surface area contributed by atoms with Crippen molar-refractivity contribution < 1.29 is 9.47 Å². The Bertz CT molecular complexity index is 718. The molecule has 26 heavy (non-hydrogen) atoms. The topological polar surface area (TPSA) is 72.1 Å². The second-order valence-electron chi connectivity index (χ2n) is 5.77. The highest BCUT2D eigenvalue weighted by molar-refractivity contribution is 14.0. The maximum atomic E-state index is 5.98. The monoisotopic (exact) mass is 470 g/mol. The quantitative estimate of drug-likeness (QED) is 0.369. The zero-order valence-corrected chi connectivity index (χ0v) is 18.0. The number of nitrogens with two attached hydrogens (primary N) is 1. The van der Waals surface area contributed by atoms with Gasteiger partial charge in [0.2, 0.25) is 0 Å². The van der Waals surface area contributed by atoms with Crippen molar-refractivity contribution >= 4 is 41.3 Å².